The molecular formula is C22H23Cl2FN2O5. The van der Waals surface area contributed by atoms with Crippen LogP contribution in [0.25, 0.3) is 0 Å². The Kier molecular flexibility index (Phi) is 7.88. The maximum atomic E-state index is 13.5. The molecule has 2 aromatic rings. The van der Waals surface area contributed by atoms with Crippen LogP contribution in [0.1, 0.15) is 53.1 Å². The molecule has 0 fully saturated rings. The van der Waals surface area contributed by atoms with Crippen molar-refractivity contribution < 1.29 is 28.2 Å². The highest BCUT2D eigenvalue weighted by Gasteiger charge is 2.47. The molecule has 0 saturated heterocycles. The van der Waals surface area contributed by atoms with Crippen molar-refractivity contribution in [3.05, 3.63) is 63.9 Å². The quantitative estimate of drug-likeness (QED) is 0.495. The molecule has 0 aliphatic carbocycles. The lowest BCUT2D eigenvalue weighted by molar-refractivity contribution is -0.163. The number of benzene rings is 2. The fraction of sp³-hybridized carbons (Fsp3) is 0.318. The van der Waals surface area contributed by atoms with E-state index in [4.69, 9.17) is 26.8 Å². The molecule has 0 saturated carbocycles. The number of ketones is 1. The van der Waals surface area contributed by atoms with E-state index < -0.39 is 35.4 Å². The first-order valence-electron chi connectivity index (χ1n) is 9.53. The number of hydrogen-bond donors (Lipinski definition) is 2. The third kappa shape index (κ3) is 5.20. The number of nitrogens with two attached hydrogens (primary N) is 1. The van der Waals surface area contributed by atoms with Gasteiger partial charge < -0.3 is 20.5 Å². The van der Waals surface area contributed by atoms with Crippen LogP contribution >= 0.6 is 24.0 Å². The summed E-state index contributed by atoms with van der Waals surface area (Å²) in [6, 6.07) is 7.52. The van der Waals surface area contributed by atoms with E-state index in [1.807, 2.05) is 0 Å². The average Bonchev–Trinajstić information content (AvgIpc) is 2.71. The molecule has 2 atom stereocenters. The van der Waals surface area contributed by atoms with Gasteiger partial charge in [0.05, 0.1) is 17.6 Å². The fourth-order valence-corrected chi connectivity index (χ4v) is 3.60. The number of Topliss-reactive ketones (excluding diaryl/α,β-unsaturated/α-hetero) is 1. The minimum absolute atomic E-state index is 0. The second-order valence-corrected chi connectivity index (χ2v) is 8.12. The Morgan fingerprint density at radius 1 is 1.19 bits per heavy atom. The molecule has 7 nitrogen and oxygen atoms in total. The Morgan fingerprint density at radius 2 is 1.84 bits per heavy atom. The summed E-state index contributed by atoms with van der Waals surface area (Å²) in [4.78, 5) is 36.9. The van der Waals surface area contributed by atoms with Crippen LogP contribution in [0.5, 0.6) is 5.75 Å². The minimum Gasteiger partial charge on any atom is -0.484 e. The summed E-state index contributed by atoms with van der Waals surface area (Å²) in [6.07, 6.45) is -0.960. The molecule has 2 aromatic carbocycles. The monoisotopic (exact) mass is 484 g/mol. The van der Waals surface area contributed by atoms with Crippen molar-refractivity contribution in [3.63, 3.8) is 0 Å². The molecule has 0 bridgehead atoms. The average molecular weight is 485 g/mol. The van der Waals surface area contributed by atoms with Gasteiger partial charge in [0.2, 0.25) is 0 Å². The van der Waals surface area contributed by atoms with E-state index in [0.29, 0.717) is 16.9 Å². The van der Waals surface area contributed by atoms with Gasteiger partial charge in [0.15, 0.2) is 11.9 Å². The Hall–Kier alpha value is -2.68. The number of ether oxygens (including phenoxy) is 2. The van der Waals surface area contributed by atoms with Crippen LogP contribution in [-0.2, 0) is 9.53 Å². The van der Waals surface area contributed by atoms with Gasteiger partial charge in [-0.25, -0.2) is 4.39 Å². The Balaban J connectivity index is 0.00000363. The molecule has 1 aliphatic rings. The van der Waals surface area contributed by atoms with Crippen molar-refractivity contribution in [1.82, 2.24) is 5.32 Å². The smallest absolute Gasteiger partial charge is 0.320 e. The van der Waals surface area contributed by atoms with Crippen molar-refractivity contribution in [2.75, 3.05) is 6.54 Å². The van der Waals surface area contributed by atoms with Crippen molar-refractivity contribution in [3.8, 4) is 5.75 Å². The second-order valence-electron chi connectivity index (χ2n) is 7.71. The maximum absolute atomic E-state index is 13.5. The summed E-state index contributed by atoms with van der Waals surface area (Å²) in [5, 5.41) is 2.61. The lowest BCUT2D eigenvalue weighted by Crippen LogP contribution is -2.55. The lowest BCUT2D eigenvalue weighted by atomic mass is 9.85. The van der Waals surface area contributed by atoms with E-state index in [9.17, 15) is 18.8 Å². The summed E-state index contributed by atoms with van der Waals surface area (Å²) in [7, 11) is 0. The standard InChI is InChI=1S/C22H22ClFN2O5.ClH/c1-11(27)12-5-7-17-14(8-12)19(20(22(2,3)31-17)30-18(28)10-25)26-21(29)13-4-6-16(24)15(23)9-13;/h4-9,19-20H,10,25H2,1-3H3,(H,26,29);1H/t19-,20-;/m0./s1. The van der Waals surface area contributed by atoms with Crippen LogP contribution < -0.4 is 15.8 Å². The summed E-state index contributed by atoms with van der Waals surface area (Å²) >= 11 is 5.80. The molecule has 1 amide bonds. The van der Waals surface area contributed by atoms with Crippen molar-refractivity contribution >= 4 is 41.7 Å². The number of halogens is 3. The second kappa shape index (κ2) is 9.85. The summed E-state index contributed by atoms with van der Waals surface area (Å²) < 4.78 is 25.0. The number of fused-ring (bicyclic) bond motifs is 1. The first kappa shape index (κ1) is 25.6. The van der Waals surface area contributed by atoms with E-state index in [1.54, 1.807) is 32.0 Å². The number of hydrogen-bond acceptors (Lipinski definition) is 6. The Bertz CT molecular complexity index is 1060. The van der Waals surface area contributed by atoms with Gasteiger partial charge in [0, 0.05) is 16.7 Å². The predicted octanol–water partition coefficient (Wildman–Crippen LogP) is 3.62. The largest absolute Gasteiger partial charge is 0.484 e. The number of amides is 1. The van der Waals surface area contributed by atoms with Gasteiger partial charge in [-0.2, -0.15) is 0 Å². The maximum Gasteiger partial charge on any atom is 0.320 e. The van der Waals surface area contributed by atoms with E-state index in [-0.39, 0.29) is 35.3 Å². The molecule has 3 N–H and O–H groups in total. The number of esters is 1. The summed E-state index contributed by atoms with van der Waals surface area (Å²) in [6.45, 7) is 4.46. The zero-order chi connectivity index (χ0) is 22.9. The highest BCUT2D eigenvalue weighted by molar-refractivity contribution is 6.31. The fourth-order valence-electron chi connectivity index (χ4n) is 3.42. The first-order chi connectivity index (χ1) is 14.5. The third-order valence-corrected chi connectivity index (χ3v) is 5.30. The molecule has 32 heavy (non-hydrogen) atoms. The summed E-state index contributed by atoms with van der Waals surface area (Å²) in [5.41, 5.74) is 5.35. The van der Waals surface area contributed by atoms with Gasteiger partial charge in [0.1, 0.15) is 17.2 Å². The third-order valence-electron chi connectivity index (χ3n) is 5.01. The van der Waals surface area contributed by atoms with Gasteiger partial charge in [-0.1, -0.05) is 11.6 Å². The van der Waals surface area contributed by atoms with Gasteiger partial charge in [-0.3, -0.25) is 14.4 Å². The lowest BCUT2D eigenvalue weighted by Gasteiger charge is -2.44. The number of nitrogens with one attached hydrogen (secondary N) is 1. The van der Waals surface area contributed by atoms with Crippen molar-refractivity contribution in [2.24, 2.45) is 5.73 Å². The van der Waals surface area contributed by atoms with Crippen molar-refractivity contribution in [1.29, 1.82) is 0 Å². The molecule has 172 valence electrons. The van der Waals surface area contributed by atoms with Gasteiger partial charge in [-0.15, -0.1) is 12.4 Å². The molecule has 0 aromatic heterocycles. The predicted molar refractivity (Wildman–Crippen MR) is 119 cm³/mol. The topological polar surface area (TPSA) is 108 Å². The van der Waals surface area contributed by atoms with Gasteiger partial charge in [-0.05, 0) is 57.2 Å². The zero-order valence-electron chi connectivity index (χ0n) is 17.6. The van der Waals surface area contributed by atoms with Crippen LogP contribution in [0.3, 0.4) is 0 Å². The van der Waals surface area contributed by atoms with E-state index in [2.05, 4.69) is 5.32 Å². The Labute approximate surface area is 195 Å². The number of carbonyl (C=O) groups is 3. The number of rotatable bonds is 5. The normalized spacial score (nSPS) is 18.4. The van der Waals surface area contributed by atoms with Crippen LogP contribution in [0, 0.1) is 5.82 Å². The summed E-state index contributed by atoms with van der Waals surface area (Å²) in [5.74, 6) is -1.66. The minimum atomic E-state index is -1.03. The highest BCUT2D eigenvalue weighted by Crippen LogP contribution is 2.42. The van der Waals surface area contributed by atoms with Crippen LogP contribution in [0.15, 0.2) is 36.4 Å². The number of carbonyl (C=O) groups excluding carboxylic acids is 3. The molecule has 0 spiro atoms. The molecular weight excluding hydrogens is 462 g/mol. The molecule has 1 aliphatic heterocycles. The molecule has 3 rings (SSSR count). The van der Waals surface area contributed by atoms with Gasteiger partial charge in [0.25, 0.3) is 5.91 Å². The SMILES string of the molecule is CC(=O)c1ccc2c(c1)[C@H](NC(=O)c1ccc(F)c(Cl)c1)[C@H](OC(=O)CN)C(C)(C)O2.Cl. The van der Waals surface area contributed by atoms with E-state index >= 15 is 0 Å². The molecule has 0 radical (unpaired) electrons. The Morgan fingerprint density at radius 3 is 2.44 bits per heavy atom. The molecule has 0 unspecified atom stereocenters. The van der Waals surface area contributed by atoms with Crippen LogP contribution in [0.4, 0.5) is 4.39 Å². The van der Waals surface area contributed by atoms with Crippen LogP contribution in [0.2, 0.25) is 5.02 Å². The first-order valence-corrected chi connectivity index (χ1v) is 9.90. The van der Waals surface area contributed by atoms with E-state index in [1.165, 1.54) is 19.1 Å². The molecule has 10 heteroatoms. The van der Waals surface area contributed by atoms with E-state index in [0.717, 1.165) is 6.07 Å². The van der Waals surface area contributed by atoms with Crippen molar-refractivity contribution in [2.45, 2.75) is 38.5 Å². The van der Waals surface area contributed by atoms with Crippen LogP contribution in [-0.4, -0.2) is 35.9 Å². The zero-order valence-corrected chi connectivity index (χ0v) is 19.2. The highest BCUT2D eigenvalue weighted by atomic mass is 35.5. The molecule has 1 heterocycles. The van der Waals surface area contributed by atoms with Gasteiger partial charge >= 0.3 is 5.97 Å².